The van der Waals surface area contributed by atoms with Crippen LogP contribution in [0.1, 0.15) is 19.3 Å². The van der Waals surface area contributed by atoms with E-state index in [2.05, 4.69) is 5.32 Å². The van der Waals surface area contributed by atoms with E-state index in [1.54, 1.807) is 0 Å². The maximum Gasteiger partial charge on any atom is 0.326 e. The molecule has 2 aliphatic rings. The molecule has 7 nitrogen and oxygen atoms in total. The van der Waals surface area contributed by atoms with E-state index in [-0.39, 0.29) is 30.9 Å². The molecule has 7 heteroatoms. The van der Waals surface area contributed by atoms with Crippen molar-refractivity contribution in [3.8, 4) is 0 Å². The molecule has 0 radical (unpaired) electrons. The van der Waals surface area contributed by atoms with E-state index in [1.165, 1.54) is 12.0 Å². The van der Waals surface area contributed by atoms with E-state index in [9.17, 15) is 14.4 Å². The second kappa shape index (κ2) is 4.93. The number of methoxy groups -OCH3 is 1. The zero-order chi connectivity index (χ0) is 13.3. The molecule has 2 fully saturated rings. The Morgan fingerprint density at radius 3 is 2.72 bits per heavy atom. The minimum absolute atomic E-state index is 0.164. The SMILES string of the molecule is COC1CC(C(=O)O)N(C(=O)[C@H]2CCC(=O)N2)C1. The number of likely N-dealkylation sites (tertiary alicyclic amines) is 1. The Morgan fingerprint density at radius 1 is 1.50 bits per heavy atom. The molecule has 0 aromatic carbocycles. The van der Waals surface area contributed by atoms with Crippen LogP contribution in [-0.4, -0.2) is 59.6 Å². The predicted octanol–water partition coefficient (Wildman–Crippen LogP) is -1.03. The molecule has 0 bridgehead atoms. The van der Waals surface area contributed by atoms with E-state index in [0.29, 0.717) is 12.8 Å². The van der Waals surface area contributed by atoms with Crippen LogP contribution in [0.2, 0.25) is 0 Å². The lowest BCUT2D eigenvalue weighted by Crippen LogP contribution is -2.49. The summed E-state index contributed by atoms with van der Waals surface area (Å²) in [5.41, 5.74) is 0. The molecule has 0 aliphatic carbocycles. The highest BCUT2D eigenvalue weighted by molar-refractivity contribution is 5.93. The number of hydrogen-bond acceptors (Lipinski definition) is 4. The van der Waals surface area contributed by atoms with Crippen LogP contribution >= 0.6 is 0 Å². The lowest BCUT2D eigenvalue weighted by molar-refractivity contribution is -0.149. The number of aliphatic carboxylic acids is 1. The summed E-state index contributed by atoms with van der Waals surface area (Å²) in [5, 5.41) is 11.7. The van der Waals surface area contributed by atoms with Crippen molar-refractivity contribution in [3.63, 3.8) is 0 Å². The van der Waals surface area contributed by atoms with Crippen molar-refractivity contribution >= 4 is 17.8 Å². The first-order valence-corrected chi connectivity index (χ1v) is 5.88. The van der Waals surface area contributed by atoms with Crippen LogP contribution in [0, 0.1) is 0 Å². The Bertz CT molecular complexity index is 384. The predicted molar refractivity (Wildman–Crippen MR) is 59.7 cm³/mol. The standard InChI is InChI=1S/C11H16N2O5/c1-18-6-4-8(11(16)17)13(5-6)10(15)7-2-3-9(14)12-7/h6-8H,2-5H2,1H3,(H,12,14)(H,16,17)/t6?,7-,8?/m1/s1. The van der Waals surface area contributed by atoms with Gasteiger partial charge in [-0.3, -0.25) is 9.59 Å². The summed E-state index contributed by atoms with van der Waals surface area (Å²) in [4.78, 5) is 35.7. The van der Waals surface area contributed by atoms with E-state index >= 15 is 0 Å². The number of nitrogens with zero attached hydrogens (tertiary/aromatic N) is 1. The van der Waals surface area contributed by atoms with Gasteiger partial charge in [-0.1, -0.05) is 0 Å². The summed E-state index contributed by atoms with van der Waals surface area (Å²) in [6.07, 6.45) is 0.777. The van der Waals surface area contributed by atoms with Gasteiger partial charge in [-0.25, -0.2) is 4.79 Å². The van der Waals surface area contributed by atoms with Crippen molar-refractivity contribution in [1.29, 1.82) is 0 Å². The van der Waals surface area contributed by atoms with Crippen molar-refractivity contribution in [2.45, 2.75) is 37.5 Å². The molecule has 100 valence electrons. The summed E-state index contributed by atoms with van der Waals surface area (Å²) in [6.45, 7) is 0.263. The largest absolute Gasteiger partial charge is 0.480 e. The smallest absolute Gasteiger partial charge is 0.326 e. The number of carbonyl (C=O) groups is 3. The average molecular weight is 256 g/mol. The highest BCUT2D eigenvalue weighted by Gasteiger charge is 2.43. The third kappa shape index (κ3) is 2.31. The van der Waals surface area contributed by atoms with E-state index in [4.69, 9.17) is 9.84 Å². The van der Waals surface area contributed by atoms with Gasteiger partial charge in [-0.15, -0.1) is 0 Å². The fourth-order valence-corrected chi connectivity index (χ4v) is 2.45. The first-order chi connectivity index (χ1) is 8.52. The van der Waals surface area contributed by atoms with Crippen LogP contribution < -0.4 is 5.32 Å². The second-order valence-electron chi connectivity index (χ2n) is 4.60. The van der Waals surface area contributed by atoms with Crippen LogP contribution in [0.4, 0.5) is 0 Å². The van der Waals surface area contributed by atoms with Crippen molar-refractivity contribution < 1.29 is 24.2 Å². The summed E-state index contributed by atoms with van der Waals surface area (Å²) in [7, 11) is 1.49. The molecule has 2 saturated heterocycles. The summed E-state index contributed by atoms with van der Waals surface area (Å²) >= 11 is 0. The number of carboxylic acid groups (broad SMARTS) is 1. The summed E-state index contributed by atoms with van der Waals surface area (Å²) in [6, 6.07) is -1.45. The number of carboxylic acids is 1. The van der Waals surface area contributed by atoms with Crippen molar-refractivity contribution in [1.82, 2.24) is 10.2 Å². The molecule has 2 N–H and O–H groups in total. The van der Waals surface area contributed by atoms with Crippen molar-refractivity contribution in [2.24, 2.45) is 0 Å². The highest BCUT2D eigenvalue weighted by Crippen LogP contribution is 2.23. The Balaban J connectivity index is 2.08. The monoisotopic (exact) mass is 256 g/mol. The van der Waals surface area contributed by atoms with Gasteiger partial charge in [0.05, 0.1) is 6.10 Å². The number of ether oxygens (including phenoxy) is 1. The molecule has 18 heavy (non-hydrogen) atoms. The van der Waals surface area contributed by atoms with E-state index in [0.717, 1.165) is 0 Å². The molecule has 0 saturated carbocycles. The molecule has 2 aliphatic heterocycles. The van der Waals surface area contributed by atoms with Crippen LogP contribution in [0.5, 0.6) is 0 Å². The normalized spacial score (nSPS) is 31.5. The zero-order valence-corrected chi connectivity index (χ0v) is 10.1. The molecular formula is C11H16N2O5. The van der Waals surface area contributed by atoms with Gasteiger partial charge in [0.2, 0.25) is 11.8 Å². The Labute approximate surface area is 104 Å². The molecule has 2 amide bonds. The zero-order valence-electron chi connectivity index (χ0n) is 10.1. The van der Waals surface area contributed by atoms with Gasteiger partial charge >= 0.3 is 5.97 Å². The Kier molecular flexibility index (Phi) is 3.51. The fourth-order valence-electron chi connectivity index (χ4n) is 2.45. The highest BCUT2D eigenvalue weighted by atomic mass is 16.5. The molecule has 0 aromatic rings. The molecular weight excluding hydrogens is 240 g/mol. The van der Waals surface area contributed by atoms with Gasteiger partial charge < -0.3 is 20.1 Å². The van der Waals surface area contributed by atoms with Crippen LogP contribution in [0.3, 0.4) is 0 Å². The van der Waals surface area contributed by atoms with Crippen LogP contribution in [0.15, 0.2) is 0 Å². The van der Waals surface area contributed by atoms with E-state index < -0.39 is 18.1 Å². The lowest BCUT2D eigenvalue weighted by atomic mass is 10.1. The number of rotatable bonds is 3. The fraction of sp³-hybridized carbons (Fsp3) is 0.727. The number of hydrogen-bond donors (Lipinski definition) is 2. The van der Waals surface area contributed by atoms with Crippen molar-refractivity contribution in [2.75, 3.05) is 13.7 Å². The van der Waals surface area contributed by atoms with Crippen molar-refractivity contribution in [3.05, 3.63) is 0 Å². The molecule has 0 spiro atoms. The molecule has 2 rings (SSSR count). The number of nitrogens with one attached hydrogen (secondary N) is 1. The maximum absolute atomic E-state index is 12.2. The first-order valence-electron chi connectivity index (χ1n) is 5.88. The summed E-state index contributed by atoms with van der Waals surface area (Å²) in [5.74, 6) is -1.53. The third-order valence-corrected chi connectivity index (χ3v) is 3.46. The average Bonchev–Trinajstić information content (AvgIpc) is 2.93. The van der Waals surface area contributed by atoms with Gasteiger partial charge in [-0.2, -0.15) is 0 Å². The van der Waals surface area contributed by atoms with Gasteiger partial charge in [0, 0.05) is 26.5 Å². The molecule has 2 unspecified atom stereocenters. The van der Waals surface area contributed by atoms with Gasteiger partial charge in [-0.05, 0) is 6.42 Å². The van der Waals surface area contributed by atoms with Gasteiger partial charge in [0.15, 0.2) is 0 Å². The second-order valence-corrected chi connectivity index (χ2v) is 4.60. The topological polar surface area (TPSA) is 95.9 Å². The quantitative estimate of drug-likeness (QED) is 0.673. The maximum atomic E-state index is 12.2. The van der Waals surface area contributed by atoms with Gasteiger partial charge in [0.1, 0.15) is 12.1 Å². The first kappa shape index (κ1) is 12.8. The van der Waals surface area contributed by atoms with E-state index in [1.807, 2.05) is 0 Å². The molecule has 2 heterocycles. The minimum Gasteiger partial charge on any atom is -0.480 e. The lowest BCUT2D eigenvalue weighted by Gasteiger charge is -2.24. The summed E-state index contributed by atoms with van der Waals surface area (Å²) < 4.78 is 5.11. The third-order valence-electron chi connectivity index (χ3n) is 3.46. The molecule has 3 atom stereocenters. The van der Waals surface area contributed by atoms with Crippen LogP contribution in [-0.2, 0) is 19.1 Å². The Hall–Kier alpha value is -1.63. The van der Waals surface area contributed by atoms with Gasteiger partial charge in [0.25, 0.3) is 0 Å². The Morgan fingerprint density at radius 2 is 2.22 bits per heavy atom. The molecule has 0 aromatic heterocycles. The number of carbonyl (C=O) groups excluding carboxylic acids is 2. The van der Waals surface area contributed by atoms with Crippen LogP contribution in [0.25, 0.3) is 0 Å². The number of amides is 2. The minimum atomic E-state index is -1.03.